The summed E-state index contributed by atoms with van der Waals surface area (Å²) in [6, 6.07) is 11.1. The van der Waals surface area contributed by atoms with Crippen LogP contribution in [-0.2, 0) is 4.79 Å². The summed E-state index contributed by atoms with van der Waals surface area (Å²) in [5.74, 6) is 0.771. The highest BCUT2D eigenvalue weighted by Gasteiger charge is 2.10. The summed E-state index contributed by atoms with van der Waals surface area (Å²) in [7, 11) is 0. The molecule has 2 aromatic rings. The van der Waals surface area contributed by atoms with E-state index in [9.17, 15) is 9.90 Å². The Balaban J connectivity index is 1.94. The Morgan fingerprint density at radius 1 is 1.20 bits per heavy atom. The van der Waals surface area contributed by atoms with Crippen LogP contribution < -0.4 is 10.2 Å². The molecule has 1 amide bonds. The molecule has 0 bridgehead atoms. The van der Waals surface area contributed by atoms with E-state index in [0.717, 1.165) is 16.7 Å². The summed E-state index contributed by atoms with van der Waals surface area (Å²) in [6.45, 7) is 7.93. The fourth-order valence-electron chi connectivity index (χ4n) is 2.37. The van der Waals surface area contributed by atoms with Gasteiger partial charge in [0.05, 0.1) is 6.21 Å². The number of ether oxygens (including phenoxy) is 1. The molecular formula is C20H24N2O3. The number of rotatable bonds is 6. The van der Waals surface area contributed by atoms with Gasteiger partial charge in [-0.05, 0) is 49.1 Å². The van der Waals surface area contributed by atoms with Crippen LogP contribution in [0, 0.1) is 13.8 Å². The lowest BCUT2D eigenvalue weighted by Gasteiger charge is -2.14. The van der Waals surface area contributed by atoms with Gasteiger partial charge in [0, 0.05) is 5.56 Å². The summed E-state index contributed by atoms with van der Waals surface area (Å²) < 4.78 is 5.65. The summed E-state index contributed by atoms with van der Waals surface area (Å²) in [6.07, 6.45) is 1.41. The number of nitrogens with zero attached hydrogens (tertiary/aromatic N) is 1. The highest BCUT2D eigenvalue weighted by molar-refractivity contribution is 5.85. The zero-order valence-electron chi connectivity index (χ0n) is 15.0. The number of carbonyl (C=O) groups excluding carboxylic acids is 1. The van der Waals surface area contributed by atoms with Crippen molar-refractivity contribution in [2.75, 3.05) is 6.61 Å². The van der Waals surface area contributed by atoms with Gasteiger partial charge in [-0.3, -0.25) is 4.79 Å². The van der Waals surface area contributed by atoms with Crippen molar-refractivity contribution in [3.63, 3.8) is 0 Å². The van der Waals surface area contributed by atoms with Crippen LogP contribution >= 0.6 is 0 Å². The number of nitrogens with one attached hydrogen (secondary N) is 1. The molecule has 0 spiro atoms. The third-order valence-electron chi connectivity index (χ3n) is 3.73. The lowest BCUT2D eigenvalue weighted by Crippen LogP contribution is -2.25. The zero-order valence-corrected chi connectivity index (χ0v) is 15.0. The van der Waals surface area contributed by atoms with E-state index in [-0.39, 0.29) is 18.3 Å². The number of benzene rings is 2. The van der Waals surface area contributed by atoms with Crippen molar-refractivity contribution in [3.8, 4) is 11.5 Å². The van der Waals surface area contributed by atoms with E-state index in [1.54, 1.807) is 18.2 Å². The molecule has 0 unspecified atom stereocenters. The van der Waals surface area contributed by atoms with E-state index in [4.69, 9.17) is 4.74 Å². The van der Waals surface area contributed by atoms with Gasteiger partial charge in [-0.15, -0.1) is 0 Å². The van der Waals surface area contributed by atoms with Gasteiger partial charge in [0.2, 0.25) is 0 Å². The molecular weight excluding hydrogens is 316 g/mol. The van der Waals surface area contributed by atoms with Gasteiger partial charge in [-0.2, -0.15) is 5.10 Å². The molecule has 0 radical (unpaired) electrons. The number of phenols is 1. The molecule has 5 heteroatoms. The highest BCUT2D eigenvalue weighted by atomic mass is 16.5. The molecule has 2 N–H and O–H groups in total. The summed E-state index contributed by atoms with van der Waals surface area (Å²) in [5, 5.41) is 13.6. The first-order valence-corrected chi connectivity index (χ1v) is 8.21. The average Bonchev–Trinajstić information content (AvgIpc) is 2.56. The van der Waals surface area contributed by atoms with E-state index in [1.165, 1.54) is 6.21 Å². The topological polar surface area (TPSA) is 70.9 Å². The van der Waals surface area contributed by atoms with Crippen LogP contribution in [0.2, 0.25) is 0 Å². The maximum Gasteiger partial charge on any atom is 0.277 e. The van der Waals surface area contributed by atoms with Gasteiger partial charge < -0.3 is 9.84 Å². The van der Waals surface area contributed by atoms with Crippen molar-refractivity contribution < 1.29 is 14.6 Å². The predicted molar refractivity (Wildman–Crippen MR) is 99.3 cm³/mol. The van der Waals surface area contributed by atoms with Crippen LogP contribution in [-0.4, -0.2) is 23.8 Å². The molecule has 2 aromatic carbocycles. The molecule has 0 aliphatic heterocycles. The van der Waals surface area contributed by atoms with Gasteiger partial charge in [-0.25, -0.2) is 5.43 Å². The van der Waals surface area contributed by atoms with Crippen LogP contribution in [0.4, 0.5) is 0 Å². The molecule has 0 atom stereocenters. The fourth-order valence-corrected chi connectivity index (χ4v) is 2.37. The lowest BCUT2D eigenvalue weighted by molar-refractivity contribution is -0.123. The molecule has 0 aliphatic carbocycles. The fraction of sp³-hybridized carbons (Fsp3) is 0.300. The minimum Gasteiger partial charge on any atom is -0.507 e. The number of aryl methyl sites for hydroxylation is 2. The Kier molecular flexibility index (Phi) is 6.17. The lowest BCUT2D eigenvalue weighted by atomic mass is 10.0. The molecule has 0 fully saturated rings. The highest BCUT2D eigenvalue weighted by Crippen LogP contribution is 2.27. The first kappa shape index (κ1) is 18.5. The van der Waals surface area contributed by atoms with Crippen LogP contribution in [0.5, 0.6) is 11.5 Å². The average molecular weight is 340 g/mol. The Morgan fingerprint density at radius 2 is 1.88 bits per heavy atom. The van der Waals surface area contributed by atoms with Gasteiger partial charge >= 0.3 is 0 Å². The molecule has 0 saturated heterocycles. The van der Waals surface area contributed by atoms with Gasteiger partial charge in [0.25, 0.3) is 5.91 Å². The molecule has 0 aliphatic rings. The quantitative estimate of drug-likeness (QED) is 0.623. The Morgan fingerprint density at radius 3 is 2.60 bits per heavy atom. The van der Waals surface area contributed by atoms with E-state index < -0.39 is 0 Å². The number of hydrogen-bond donors (Lipinski definition) is 2. The summed E-state index contributed by atoms with van der Waals surface area (Å²) >= 11 is 0. The number of amides is 1. The minimum absolute atomic E-state index is 0.112. The number of hydrazone groups is 1. The van der Waals surface area contributed by atoms with Crippen molar-refractivity contribution in [1.29, 1.82) is 0 Å². The van der Waals surface area contributed by atoms with Crippen molar-refractivity contribution in [3.05, 3.63) is 58.7 Å². The molecule has 0 aromatic heterocycles. The second kappa shape index (κ2) is 8.33. The van der Waals surface area contributed by atoms with Crippen LogP contribution in [0.15, 0.2) is 41.5 Å². The maximum atomic E-state index is 11.9. The van der Waals surface area contributed by atoms with E-state index in [2.05, 4.69) is 24.4 Å². The summed E-state index contributed by atoms with van der Waals surface area (Å²) in [5.41, 5.74) is 6.08. The standard InChI is InChI=1S/C20H24N2O3/c1-13(2)17-7-5-15(4)10-19(17)25-12-20(24)22-21-11-16-9-14(3)6-8-18(16)23/h5-11,13,23H,12H2,1-4H3,(H,22,24)/b21-11-. The zero-order chi connectivity index (χ0) is 18.4. The smallest absolute Gasteiger partial charge is 0.277 e. The van der Waals surface area contributed by atoms with Crippen molar-refractivity contribution in [2.45, 2.75) is 33.6 Å². The number of hydrogen-bond acceptors (Lipinski definition) is 4. The van der Waals surface area contributed by atoms with E-state index in [1.807, 2.05) is 32.0 Å². The van der Waals surface area contributed by atoms with Crippen molar-refractivity contribution >= 4 is 12.1 Å². The molecule has 132 valence electrons. The summed E-state index contributed by atoms with van der Waals surface area (Å²) in [4.78, 5) is 11.9. The van der Waals surface area contributed by atoms with Crippen molar-refractivity contribution in [2.24, 2.45) is 5.10 Å². The molecule has 25 heavy (non-hydrogen) atoms. The monoisotopic (exact) mass is 340 g/mol. The van der Waals surface area contributed by atoms with E-state index in [0.29, 0.717) is 17.2 Å². The number of aromatic hydroxyl groups is 1. The Hall–Kier alpha value is -2.82. The SMILES string of the molecule is Cc1ccc(O)c(/C=N\NC(=O)COc2cc(C)ccc2C(C)C)c1. The molecule has 0 heterocycles. The third kappa shape index (κ3) is 5.35. The van der Waals surface area contributed by atoms with Crippen LogP contribution in [0.3, 0.4) is 0 Å². The Bertz CT molecular complexity index is 783. The second-order valence-electron chi connectivity index (χ2n) is 6.34. The normalized spacial score (nSPS) is 11.1. The van der Waals surface area contributed by atoms with Crippen LogP contribution in [0.1, 0.15) is 42.0 Å². The third-order valence-corrected chi connectivity index (χ3v) is 3.73. The molecule has 2 rings (SSSR count). The Labute approximate surface area is 148 Å². The molecule has 5 nitrogen and oxygen atoms in total. The van der Waals surface area contributed by atoms with Gasteiger partial charge in [0.15, 0.2) is 6.61 Å². The first-order chi connectivity index (χ1) is 11.9. The van der Waals surface area contributed by atoms with Gasteiger partial charge in [0.1, 0.15) is 11.5 Å². The van der Waals surface area contributed by atoms with Crippen molar-refractivity contribution in [1.82, 2.24) is 5.43 Å². The predicted octanol–water partition coefficient (Wildman–Crippen LogP) is 3.66. The molecule has 0 saturated carbocycles. The first-order valence-electron chi connectivity index (χ1n) is 8.21. The largest absolute Gasteiger partial charge is 0.507 e. The van der Waals surface area contributed by atoms with Crippen LogP contribution in [0.25, 0.3) is 0 Å². The minimum atomic E-state index is -0.361. The van der Waals surface area contributed by atoms with Gasteiger partial charge in [-0.1, -0.05) is 37.6 Å². The van der Waals surface area contributed by atoms with E-state index >= 15 is 0 Å². The number of carbonyl (C=O) groups is 1. The second-order valence-corrected chi connectivity index (χ2v) is 6.34. The maximum absolute atomic E-state index is 11.9. The number of phenolic OH excluding ortho intramolecular Hbond substituents is 1.